The Hall–Kier alpha value is -1.91. The van der Waals surface area contributed by atoms with Crippen molar-refractivity contribution in [3.63, 3.8) is 0 Å². The van der Waals surface area contributed by atoms with Crippen LogP contribution in [0.15, 0.2) is 18.2 Å². The number of rotatable bonds is 4. The third-order valence-electron chi connectivity index (χ3n) is 2.28. The fourth-order valence-electron chi connectivity index (χ4n) is 1.40. The van der Waals surface area contributed by atoms with Gasteiger partial charge in [0.2, 0.25) is 0 Å². The molecule has 0 aliphatic rings. The Balaban J connectivity index is 2.78. The minimum absolute atomic E-state index is 0.208. The third-order valence-corrected chi connectivity index (χ3v) is 2.28. The first-order chi connectivity index (χ1) is 9.13. The van der Waals surface area contributed by atoms with Crippen LogP contribution < -0.4 is 4.74 Å². The van der Waals surface area contributed by atoms with Crippen molar-refractivity contribution in [3.05, 3.63) is 29.3 Å². The Morgan fingerprint density at radius 3 is 2.25 bits per heavy atom. The van der Waals surface area contributed by atoms with Crippen molar-refractivity contribution in [2.75, 3.05) is 6.61 Å². The van der Waals surface area contributed by atoms with Crippen molar-refractivity contribution < 1.29 is 31.1 Å². The number of hydrogen-bond donors (Lipinski definition) is 0. The number of nitrogens with zero attached hydrogens (tertiary/aromatic N) is 1. The average molecular weight is 297 g/mol. The number of ether oxygens (including phenoxy) is 1. The zero-order valence-electron chi connectivity index (χ0n) is 9.98. The van der Waals surface area contributed by atoms with Crippen LogP contribution >= 0.6 is 0 Å². The molecular formula is C12H9F6NO. The molecule has 0 bridgehead atoms. The number of hydrogen-bond acceptors (Lipinski definition) is 2. The van der Waals surface area contributed by atoms with Gasteiger partial charge in [0.1, 0.15) is 5.75 Å². The van der Waals surface area contributed by atoms with Crippen molar-refractivity contribution in [2.45, 2.75) is 25.2 Å². The fourth-order valence-corrected chi connectivity index (χ4v) is 1.40. The lowest BCUT2D eigenvalue weighted by atomic mass is 10.1. The zero-order valence-corrected chi connectivity index (χ0v) is 9.98. The summed E-state index contributed by atoms with van der Waals surface area (Å²) in [5.74, 6) is -0.585. The van der Waals surface area contributed by atoms with Gasteiger partial charge in [0.05, 0.1) is 23.8 Å². The quantitative estimate of drug-likeness (QED) is 0.613. The molecule has 0 saturated heterocycles. The molecule has 0 amide bonds. The molecule has 0 unspecified atom stereocenters. The first-order valence-corrected chi connectivity index (χ1v) is 5.44. The van der Waals surface area contributed by atoms with Gasteiger partial charge in [0, 0.05) is 6.42 Å². The molecule has 20 heavy (non-hydrogen) atoms. The van der Waals surface area contributed by atoms with Gasteiger partial charge in [-0.1, -0.05) is 0 Å². The molecule has 1 aromatic rings. The maximum atomic E-state index is 12.7. The lowest BCUT2D eigenvalue weighted by Gasteiger charge is -2.14. The Morgan fingerprint density at radius 2 is 1.75 bits per heavy atom. The molecule has 0 aromatic heterocycles. The summed E-state index contributed by atoms with van der Waals surface area (Å²) in [6, 6.07) is 4.18. The van der Waals surface area contributed by atoms with Crippen molar-refractivity contribution in [3.8, 4) is 11.8 Å². The van der Waals surface area contributed by atoms with E-state index < -0.39 is 43.1 Å². The van der Waals surface area contributed by atoms with E-state index in [1.54, 1.807) is 6.07 Å². The minimum Gasteiger partial charge on any atom is -0.493 e. The molecule has 0 aliphatic carbocycles. The van der Waals surface area contributed by atoms with Crippen LogP contribution in [-0.2, 0) is 6.18 Å². The van der Waals surface area contributed by atoms with E-state index >= 15 is 0 Å². The highest BCUT2D eigenvalue weighted by Crippen LogP contribution is 2.37. The smallest absolute Gasteiger partial charge is 0.420 e. The molecule has 0 saturated carbocycles. The van der Waals surface area contributed by atoms with Gasteiger partial charge in [-0.3, -0.25) is 0 Å². The maximum absolute atomic E-state index is 12.7. The summed E-state index contributed by atoms with van der Waals surface area (Å²) in [7, 11) is 0. The summed E-state index contributed by atoms with van der Waals surface area (Å²) < 4.78 is 78.4. The predicted molar refractivity (Wildman–Crippen MR) is 56.9 cm³/mol. The van der Waals surface area contributed by atoms with Gasteiger partial charge in [-0.15, -0.1) is 0 Å². The molecule has 2 nitrogen and oxygen atoms in total. The highest BCUT2D eigenvalue weighted by Gasteiger charge is 2.35. The van der Waals surface area contributed by atoms with E-state index in [1.165, 1.54) is 0 Å². The summed E-state index contributed by atoms with van der Waals surface area (Å²) >= 11 is 0. The van der Waals surface area contributed by atoms with E-state index in [2.05, 4.69) is 0 Å². The van der Waals surface area contributed by atoms with Crippen molar-refractivity contribution in [1.29, 1.82) is 5.26 Å². The summed E-state index contributed by atoms with van der Waals surface area (Å²) in [4.78, 5) is 0. The first-order valence-electron chi connectivity index (χ1n) is 5.44. The number of benzene rings is 1. The third kappa shape index (κ3) is 4.99. The van der Waals surface area contributed by atoms with E-state index in [1.807, 2.05) is 0 Å². The number of nitriles is 1. The lowest BCUT2D eigenvalue weighted by Crippen LogP contribution is -2.12. The standard InChI is InChI=1S/C12H9F6NO/c13-11(14,15)4-1-5-20-10-3-2-8(7-19)6-9(10)12(16,17)18/h2-3,6H,1,4-5H2. The summed E-state index contributed by atoms with van der Waals surface area (Å²) in [5, 5.41) is 8.54. The van der Waals surface area contributed by atoms with Gasteiger partial charge in [0.15, 0.2) is 0 Å². The molecule has 1 rings (SSSR count). The molecule has 0 fully saturated rings. The normalized spacial score (nSPS) is 12.1. The average Bonchev–Trinajstić information content (AvgIpc) is 2.32. The summed E-state index contributed by atoms with van der Waals surface area (Å²) in [6.07, 6.45) is -10.7. The summed E-state index contributed by atoms with van der Waals surface area (Å²) in [5.41, 5.74) is -1.39. The van der Waals surface area contributed by atoms with Gasteiger partial charge in [-0.05, 0) is 24.6 Å². The molecule has 0 spiro atoms. The number of halogens is 6. The highest BCUT2D eigenvalue weighted by molar-refractivity contribution is 5.43. The lowest BCUT2D eigenvalue weighted by molar-refractivity contribution is -0.141. The van der Waals surface area contributed by atoms with Gasteiger partial charge in [-0.2, -0.15) is 31.6 Å². The Morgan fingerprint density at radius 1 is 1.10 bits per heavy atom. The monoisotopic (exact) mass is 297 g/mol. The minimum atomic E-state index is -4.74. The van der Waals surface area contributed by atoms with E-state index in [9.17, 15) is 26.3 Å². The van der Waals surface area contributed by atoms with Crippen LogP contribution in [0.2, 0.25) is 0 Å². The Kier molecular flexibility index (Phi) is 4.87. The largest absolute Gasteiger partial charge is 0.493 e. The van der Waals surface area contributed by atoms with Crippen LogP contribution in [0.4, 0.5) is 26.3 Å². The SMILES string of the molecule is N#Cc1ccc(OCCCC(F)(F)F)c(C(F)(F)F)c1. The molecule has 0 heterocycles. The van der Waals surface area contributed by atoms with Crippen LogP contribution in [0.1, 0.15) is 24.0 Å². The van der Waals surface area contributed by atoms with Gasteiger partial charge >= 0.3 is 12.4 Å². The Bertz CT molecular complexity index is 500. The second kappa shape index (κ2) is 6.03. The zero-order chi connectivity index (χ0) is 15.4. The van der Waals surface area contributed by atoms with Crippen molar-refractivity contribution >= 4 is 0 Å². The van der Waals surface area contributed by atoms with Crippen LogP contribution in [0.3, 0.4) is 0 Å². The molecule has 0 radical (unpaired) electrons. The maximum Gasteiger partial charge on any atom is 0.420 e. The van der Waals surface area contributed by atoms with Crippen LogP contribution in [0, 0.1) is 11.3 Å². The second-order valence-electron chi connectivity index (χ2n) is 3.89. The molecule has 0 atom stereocenters. The molecule has 0 N–H and O–H groups in total. The van der Waals surface area contributed by atoms with Crippen molar-refractivity contribution in [1.82, 2.24) is 0 Å². The van der Waals surface area contributed by atoms with E-state index in [0.717, 1.165) is 12.1 Å². The topological polar surface area (TPSA) is 33.0 Å². The first kappa shape index (κ1) is 16.1. The molecule has 1 aromatic carbocycles. The highest BCUT2D eigenvalue weighted by atomic mass is 19.4. The van der Waals surface area contributed by atoms with Crippen LogP contribution in [-0.4, -0.2) is 12.8 Å². The van der Waals surface area contributed by atoms with E-state index in [0.29, 0.717) is 6.07 Å². The van der Waals surface area contributed by atoms with Gasteiger partial charge in [-0.25, -0.2) is 0 Å². The fraction of sp³-hybridized carbons (Fsp3) is 0.417. The van der Waals surface area contributed by atoms with E-state index in [4.69, 9.17) is 10.00 Å². The van der Waals surface area contributed by atoms with Gasteiger partial charge in [0.25, 0.3) is 0 Å². The predicted octanol–water partition coefficient (Wildman–Crippen LogP) is 4.30. The molecular weight excluding hydrogens is 288 g/mol. The Labute approximate surface area is 110 Å². The molecule has 0 aliphatic heterocycles. The van der Waals surface area contributed by atoms with E-state index in [-0.39, 0.29) is 5.56 Å². The van der Waals surface area contributed by atoms with Crippen LogP contribution in [0.5, 0.6) is 5.75 Å². The molecule has 110 valence electrons. The van der Waals surface area contributed by atoms with Crippen LogP contribution in [0.25, 0.3) is 0 Å². The van der Waals surface area contributed by atoms with Crippen molar-refractivity contribution in [2.24, 2.45) is 0 Å². The molecule has 8 heteroatoms. The van der Waals surface area contributed by atoms with Gasteiger partial charge < -0.3 is 4.74 Å². The summed E-state index contributed by atoms with van der Waals surface area (Å²) in [6.45, 7) is -0.492. The second-order valence-corrected chi connectivity index (χ2v) is 3.89. The number of alkyl halides is 6.